The zero-order valence-corrected chi connectivity index (χ0v) is 11.1. The highest BCUT2D eigenvalue weighted by Crippen LogP contribution is 2.28. The molecule has 0 heterocycles. The monoisotopic (exact) mass is 252 g/mol. The number of nitrogens with one attached hydrogen (secondary N) is 1. The van der Waals surface area contributed by atoms with Crippen LogP contribution in [0.5, 0.6) is 5.75 Å². The standard InChI is InChI=1S/C13H17ClN2O/c1-13(2,9-15)6-7-16-11-8-10(14)4-5-12(11)17-3/h4-5,8,16H,6-7H2,1-3H3. The van der Waals surface area contributed by atoms with Crippen molar-refractivity contribution in [2.45, 2.75) is 20.3 Å². The number of rotatable bonds is 5. The van der Waals surface area contributed by atoms with Crippen molar-refractivity contribution in [3.8, 4) is 11.8 Å². The lowest BCUT2D eigenvalue weighted by atomic mass is 9.91. The molecule has 1 aromatic rings. The van der Waals surface area contributed by atoms with Gasteiger partial charge in [0.2, 0.25) is 0 Å². The van der Waals surface area contributed by atoms with E-state index in [1.807, 2.05) is 26.0 Å². The molecule has 0 aromatic heterocycles. The Kier molecular flexibility index (Phi) is 4.65. The number of halogens is 1. The van der Waals surface area contributed by atoms with Crippen LogP contribution in [0.2, 0.25) is 5.02 Å². The van der Waals surface area contributed by atoms with Crippen molar-refractivity contribution >= 4 is 17.3 Å². The van der Waals surface area contributed by atoms with E-state index in [-0.39, 0.29) is 5.41 Å². The molecule has 0 spiro atoms. The molecule has 0 unspecified atom stereocenters. The Morgan fingerprint density at radius 2 is 2.18 bits per heavy atom. The average Bonchev–Trinajstić information content (AvgIpc) is 2.29. The minimum absolute atomic E-state index is 0.321. The minimum Gasteiger partial charge on any atom is -0.495 e. The molecule has 0 amide bonds. The van der Waals surface area contributed by atoms with Crippen molar-refractivity contribution in [1.29, 1.82) is 5.26 Å². The Labute approximate surface area is 107 Å². The first kappa shape index (κ1) is 13.7. The first-order valence-electron chi connectivity index (χ1n) is 5.47. The van der Waals surface area contributed by atoms with Crippen LogP contribution in [-0.2, 0) is 0 Å². The molecule has 0 radical (unpaired) electrons. The summed E-state index contributed by atoms with van der Waals surface area (Å²) >= 11 is 5.92. The molecule has 0 fully saturated rings. The van der Waals surface area contributed by atoms with Gasteiger partial charge >= 0.3 is 0 Å². The Balaban J connectivity index is 2.63. The Morgan fingerprint density at radius 3 is 2.76 bits per heavy atom. The normalized spacial score (nSPS) is 10.8. The summed E-state index contributed by atoms with van der Waals surface area (Å²) in [7, 11) is 1.62. The van der Waals surface area contributed by atoms with Gasteiger partial charge in [0.1, 0.15) is 5.75 Å². The maximum Gasteiger partial charge on any atom is 0.142 e. The van der Waals surface area contributed by atoms with Crippen LogP contribution in [0.4, 0.5) is 5.69 Å². The first-order valence-corrected chi connectivity index (χ1v) is 5.85. The third-order valence-electron chi connectivity index (χ3n) is 2.53. The highest BCUT2D eigenvalue weighted by molar-refractivity contribution is 6.30. The average molecular weight is 253 g/mol. The maximum absolute atomic E-state index is 8.91. The molecule has 0 aliphatic heterocycles. The molecule has 1 N–H and O–H groups in total. The lowest BCUT2D eigenvalue weighted by Crippen LogP contribution is -2.14. The van der Waals surface area contributed by atoms with Gasteiger partial charge in [-0.2, -0.15) is 5.26 Å². The quantitative estimate of drug-likeness (QED) is 0.869. The second-order valence-electron chi connectivity index (χ2n) is 4.52. The van der Waals surface area contributed by atoms with Gasteiger partial charge in [0.05, 0.1) is 24.3 Å². The summed E-state index contributed by atoms with van der Waals surface area (Å²) in [5.74, 6) is 0.754. The number of anilines is 1. The Bertz CT molecular complexity index is 424. The molecule has 3 nitrogen and oxygen atoms in total. The molecule has 0 aliphatic carbocycles. The second kappa shape index (κ2) is 5.79. The molecule has 1 rings (SSSR count). The van der Waals surface area contributed by atoms with Gasteiger partial charge in [0.15, 0.2) is 0 Å². The smallest absolute Gasteiger partial charge is 0.142 e. The van der Waals surface area contributed by atoms with Crippen molar-refractivity contribution in [1.82, 2.24) is 0 Å². The van der Waals surface area contributed by atoms with E-state index in [0.29, 0.717) is 11.6 Å². The fraction of sp³-hybridized carbons (Fsp3) is 0.462. The number of hydrogen-bond donors (Lipinski definition) is 1. The second-order valence-corrected chi connectivity index (χ2v) is 4.95. The zero-order valence-electron chi connectivity index (χ0n) is 10.4. The van der Waals surface area contributed by atoms with Gasteiger partial charge in [0.25, 0.3) is 0 Å². The van der Waals surface area contributed by atoms with Crippen molar-refractivity contribution in [3.05, 3.63) is 23.2 Å². The molecule has 0 saturated carbocycles. The van der Waals surface area contributed by atoms with E-state index in [0.717, 1.165) is 17.9 Å². The molecular weight excluding hydrogens is 236 g/mol. The van der Waals surface area contributed by atoms with Crippen LogP contribution in [0.15, 0.2) is 18.2 Å². The predicted molar refractivity (Wildman–Crippen MR) is 70.5 cm³/mol. The highest BCUT2D eigenvalue weighted by atomic mass is 35.5. The summed E-state index contributed by atoms with van der Waals surface area (Å²) in [6.07, 6.45) is 0.763. The van der Waals surface area contributed by atoms with Crippen LogP contribution >= 0.6 is 11.6 Å². The summed E-state index contributed by atoms with van der Waals surface area (Å²) in [4.78, 5) is 0. The summed E-state index contributed by atoms with van der Waals surface area (Å²) in [6, 6.07) is 7.69. The van der Waals surface area contributed by atoms with E-state index in [9.17, 15) is 0 Å². The number of hydrogen-bond acceptors (Lipinski definition) is 3. The fourth-order valence-corrected chi connectivity index (χ4v) is 1.56. The van der Waals surface area contributed by atoms with Crippen LogP contribution in [0.1, 0.15) is 20.3 Å². The largest absolute Gasteiger partial charge is 0.495 e. The van der Waals surface area contributed by atoms with E-state index in [4.69, 9.17) is 21.6 Å². The molecule has 0 saturated heterocycles. The molecule has 92 valence electrons. The molecule has 17 heavy (non-hydrogen) atoms. The maximum atomic E-state index is 8.91. The number of nitriles is 1. The molecule has 0 bridgehead atoms. The van der Waals surface area contributed by atoms with E-state index in [1.54, 1.807) is 13.2 Å². The van der Waals surface area contributed by atoms with Crippen molar-refractivity contribution in [3.63, 3.8) is 0 Å². The van der Waals surface area contributed by atoms with Gasteiger partial charge in [-0.05, 0) is 38.5 Å². The molecule has 1 aromatic carbocycles. The zero-order chi connectivity index (χ0) is 12.9. The summed E-state index contributed by atoms with van der Waals surface area (Å²) < 4.78 is 5.22. The molecular formula is C13H17ClN2O. The fourth-order valence-electron chi connectivity index (χ4n) is 1.38. The lowest BCUT2D eigenvalue weighted by molar-refractivity contribution is 0.415. The number of benzene rings is 1. The van der Waals surface area contributed by atoms with Crippen molar-refractivity contribution in [2.24, 2.45) is 5.41 Å². The highest BCUT2D eigenvalue weighted by Gasteiger charge is 2.16. The van der Waals surface area contributed by atoms with Gasteiger partial charge in [0, 0.05) is 11.6 Å². The summed E-state index contributed by atoms with van der Waals surface area (Å²) in [5, 5.41) is 12.8. The Hall–Kier alpha value is -1.40. The summed E-state index contributed by atoms with van der Waals surface area (Å²) in [5.41, 5.74) is 0.535. The van der Waals surface area contributed by atoms with Crippen LogP contribution in [-0.4, -0.2) is 13.7 Å². The lowest BCUT2D eigenvalue weighted by Gasteiger charge is -2.17. The first-order chi connectivity index (χ1) is 7.98. The SMILES string of the molecule is COc1ccc(Cl)cc1NCCC(C)(C)C#N. The van der Waals surface area contributed by atoms with Crippen LogP contribution < -0.4 is 10.1 Å². The predicted octanol–water partition coefficient (Wildman–Crippen LogP) is 3.70. The number of nitrogens with zero attached hydrogens (tertiary/aromatic N) is 1. The van der Waals surface area contributed by atoms with Crippen molar-refractivity contribution < 1.29 is 4.74 Å². The van der Waals surface area contributed by atoms with Gasteiger partial charge in [-0.15, -0.1) is 0 Å². The van der Waals surface area contributed by atoms with Gasteiger partial charge in [-0.25, -0.2) is 0 Å². The Morgan fingerprint density at radius 1 is 1.47 bits per heavy atom. The van der Waals surface area contributed by atoms with Crippen LogP contribution in [0.25, 0.3) is 0 Å². The van der Waals surface area contributed by atoms with E-state index >= 15 is 0 Å². The van der Waals surface area contributed by atoms with Crippen molar-refractivity contribution in [2.75, 3.05) is 19.0 Å². The van der Waals surface area contributed by atoms with Gasteiger partial charge < -0.3 is 10.1 Å². The van der Waals surface area contributed by atoms with E-state index in [1.165, 1.54) is 0 Å². The van der Waals surface area contributed by atoms with Crippen LogP contribution in [0.3, 0.4) is 0 Å². The minimum atomic E-state index is -0.321. The van der Waals surface area contributed by atoms with E-state index in [2.05, 4.69) is 11.4 Å². The molecule has 0 aliphatic rings. The van der Waals surface area contributed by atoms with E-state index < -0.39 is 0 Å². The van der Waals surface area contributed by atoms with Gasteiger partial charge in [-0.3, -0.25) is 0 Å². The molecule has 4 heteroatoms. The third kappa shape index (κ3) is 4.16. The van der Waals surface area contributed by atoms with Gasteiger partial charge in [-0.1, -0.05) is 11.6 Å². The molecule has 0 atom stereocenters. The number of ether oxygens (including phenoxy) is 1. The summed E-state index contributed by atoms with van der Waals surface area (Å²) in [6.45, 7) is 4.55. The topological polar surface area (TPSA) is 45.0 Å². The third-order valence-corrected chi connectivity index (χ3v) is 2.76. The number of methoxy groups -OCH3 is 1. The van der Waals surface area contributed by atoms with Crippen LogP contribution in [0, 0.1) is 16.7 Å².